The molecule has 0 spiro atoms. The summed E-state index contributed by atoms with van der Waals surface area (Å²) in [6.45, 7) is 5.17. The molecule has 0 radical (unpaired) electrons. The van der Waals surface area contributed by atoms with Gasteiger partial charge in [0.1, 0.15) is 6.33 Å². The van der Waals surface area contributed by atoms with Crippen molar-refractivity contribution in [2.45, 2.75) is 32.7 Å². The molecule has 2 aromatic rings. The number of aryl methyl sites for hydroxylation is 1. The van der Waals surface area contributed by atoms with Crippen molar-refractivity contribution in [3.05, 3.63) is 35.2 Å². The van der Waals surface area contributed by atoms with Crippen LogP contribution in [0.1, 0.15) is 26.2 Å². The summed E-state index contributed by atoms with van der Waals surface area (Å²) in [6.07, 6.45) is 9.63. The first-order valence-corrected chi connectivity index (χ1v) is 8.59. The van der Waals surface area contributed by atoms with Gasteiger partial charge in [-0.25, -0.2) is 15.0 Å². The normalized spacial score (nSPS) is 15.3. The molecule has 134 valence electrons. The Morgan fingerprint density at radius 3 is 2.84 bits per heavy atom. The molecule has 0 unspecified atom stereocenters. The number of nitrogens with zero attached hydrogens (tertiary/aromatic N) is 6. The smallest absolute Gasteiger partial charge is 0.353 e. The van der Waals surface area contributed by atoms with Gasteiger partial charge in [-0.15, -0.1) is 0 Å². The van der Waals surface area contributed by atoms with Crippen LogP contribution in [0.2, 0.25) is 0 Å². The molecule has 1 fully saturated rings. The number of anilines is 2. The van der Waals surface area contributed by atoms with Crippen LogP contribution in [0.5, 0.6) is 0 Å². The van der Waals surface area contributed by atoms with Crippen LogP contribution in [0, 0.1) is 16.0 Å². The Morgan fingerprint density at radius 1 is 1.36 bits per heavy atom. The maximum Gasteiger partial charge on any atom is 0.353 e. The first kappa shape index (κ1) is 17.1. The summed E-state index contributed by atoms with van der Waals surface area (Å²) in [7, 11) is 0. The summed E-state index contributed by atoms with van der Waals surface area (Å²) in [5.41, 5.74) is -0.0281. The van der Waals surface area contributed by atoms with Crippen LogP contribution in [0.15, 0.2) is 25.0 Å². The van der Waals surface area contributed by atoms with Crippen molar-refractivity contribution in [2.24, 2.45) is 5.92 Å². The van der Waals surface area contributed by atoms with Gasteiger partial charge in [-0.2, -0.15) is 0 Å². The molecule has 25 heavy (non-hydrogen) atoms. The van der Waals surface area contributed by atoms with E-state index in [2.05, 4.69) is 27.2 Å². The van der Waals surface area contributed by atoms with E-state index in [9.17, 15) is 10.1 Å². The van der Waals surface area contributed by atoms with Gasteiger partial charge in [-0.3, -0.25) is 10.1 Å². The Kier molecular flexibility index (Phi) is 5.42. The highest BCUT2D eigenvalue weighted by atomic mass is 16.6. The molecule has 0 atom stereocenters. The Labute approximate surface area is 146 Å². The Balaban J connectivity index is 1.68. The van der Waals surface area contributed by atoms with Gasteiger partial charge in [0.2, 0.25) is 11.6 Å². The highest BCUT2D eigenvalue weighted by Gasteiger charge is 2.28. The van der Waals surface area contributed by atoms with Crippen LogP contribution in [0.3, 0.4) is 0 Å². The first-order valence-electron chi connectivity index (χ1n) is 8.59. The van der Waals surface area contributed by atoms with E-state index in [1.807, 2.05) is 15.7 Å². The number of hydrogen-bond acceptors (Lipinski definition) is 7. The van der Waals surface area contributed by atoms with Crippen LogP contribution in [-0.4, -0.2) is 44.1 Å². The topological polar surface area (TPSA) is 102 Å². The van der Waals surface area contributed by atoms with Gasteiger partial charge < -0.3 is 14.8 Å². The minimum absolute atomic E-state index is 0.0281. The number of aromatic nitrogens is 4. The zero-order chi connectivity index (χ0) is 17.6. The summed E-state index contributed by atoms with van der Waals surface area (Å²) < 4.78 is 1.97. The zero-order valence-electron chi connectivity index (χ0n) is 14.3. The first-order chi connectivity index (χ1) is 12.1. The monoisotopic (exact) mass is 345 g/mol. The fraction of sp³-hybridized carbons (Fsp3) is 0.562. The van der Waals surface area contributed by atoms with Crippen molar-refractivity contribution in [3.8, 4) is 0 Å². The lowest BCUT2D eigenvalue weighted by Gasteiger charge is -2.30. The van der Waals surface area contributed by atoms with Crippen molar-refractivity contribution in [3.63, 3.8) is 0 Å². The van der Waals surface area contributed by atoms with Crippen LogP contribution >= 0.6 is 0 Å². The number of piperidine rings is 1. The van der Waals surface area contributed by atoms with Crippen molar-refractivity contribution < 1.29 is 4.92 Å². The van der Waals surface area contributed by atoms with Crippen molar-refractivity contribution in [1.29, 1.82) is 0 Å². The highest BCUT2D eigenvalue weighted by molar-refractivity contribution is 5.70. The zero-order valence-corrected chi connectivity index (χ0v) is 14.3. The van der Waals surface area contributed by atoms with Crippen molar-refractivity contribution in [2.75, 3.05) is 29.9 Å². The average Bonchev–Trinajstić information content (AvgIpc) is 3.12. The third-order valence-electron chi connectivity index (χ3n) is 4.51. The van der Waals surface area contributed by atoms with E-state index in [0.29, 0.717) is 24.1 Å². The van der Waals surface area contributed by atoms with Crippen LogP contribution in [0.4, 0.5) is 17.3 Å². The quantitative estimate of drug-likeness (QED) is 0.467. The summed E-state index contributed by atoms with van der Waals surface area (Å²) in [6, 6.07) is 0. The van der Waals surface area contributed by atoms with E-state index < -0.39 is 0 Å². The second-order valence-electron chi connectivity index (χ2n) is 6.40. The lowest BCUT2D eigenvalue weighted by molar-refractivity contribution is -0.383. The number of rotatable bonds is 7. The molecule has 2 aromatic heterocycles. The van der Waals surface area contributed by atoms with E-state index in [4.69, 9.17) is 0 Å². The molecule has 9 heteroatoms. The molecular weight excluding hydrogens is 322 g/mol. The maximum absolute atomic E-state index is 11.6. The lowest BCUT2D eigenvalue weighted by Crippen LogP contribution is -2.34. The summed E-state index contributed by atoms with van der Waals surface area (Å²) >= 11 is 0. The number of nitrogens with one attached hydrogen (secondary N) is 1. The predicted octanol–water partition coefficient (Wildman–Crippen LogP) is 2.32. The lowest BCUT2D eigenvalue weighted by atomic mass is 9.99. The Hall–Kier alpha value is -2.71. The molecule has 0 aromatic carbocycles. The molecular formula is C16H23N7O2. The minimum Gasteiger partial charge on any atom is -0.364 e. The van der Waals surface area contributed by atoms with Gasteiger partial charge in [0.15, 0.2) is 0 Å². The number of nitro groups is 1. The molecule has 0 aliphatic carbocycles. The molecule has 1 aliphatic rings. The van der Waals surface area contributed by atoms with Gasteiger partial charge in [0, 0.05) is 38.6 Å². The largest absolute Gasteiger partial charge is 0.364 e. The van der Waals surface area contributed by atoms with Gasteiger partial charge in [0.05, 0.1) is 11.3 Å². The van der Waals surface area contributed by atoms with Crippen LogP contribution in [0.25, 0.3) is 0 Å². The fourth-order valence-electron chi connectivity index (χ4n) is 3.01. The molecule has 0 amide bonds. The van der Waals surface area contributed by atoms with E-state index in [0.717, 1.165) is 38.9 Å². The number of hydrogen-bond donors (Lipinski definition) is 1. The molecule has 9 nitrogen and oxygen atoms in total. The number of imidazole rings is 1. The third kappa shape index (κ3) is 4.23. The molecule has 1 aliphatic heterocycles. The van der Waals surface area contributed by atoms with Gasteiger partial charge in [0.25, 0.3) is 0 Å². The van der Waals surface area contributed by atoms with Crippen molar-refractivity contribution in [1.82, 2.24) is 19.5 Å². The second kappa shape index (κ2) is 7.91. The van der Waals surface area contributed by atoms with Gasteiger partial charge >= 0.3 is 5.69 Å². The highest BCUT2D eigenvalue weighted by Crippen LogP contribution is 2.33. The van der Waals surface area contributed by atoms with E-state index in [-0.39, 0.29) is 10.6 Å². The van der Waals surface area contributed by atoms with Gasteiger partial charge in [-0.1, -0.05) is 6.92 Å². The summed E-state index contributed by atoms with van der Waals surface area (Å²) in [5.74, 6) is 1.36. The molecule has 0 saturated carbocycles. The van der Waals surface area contributed by atoms with Crippen molar-refractivity contribution >= 4 is 17.3 Å². The Morgan fingerprint density at radius 2 is 2.16 bits per heavy atom. The molecule has 3 heterocycles. The molecule has 1 N–H and O–H groups in total. The predicted molar refractivity (Wildman–Crippen MR) is 94.6 cm³/mol. The van der Waals surface area contributed by atoms with E-state index >= 15 is 0 Å². The third-order valence-corrected chi connectivity index (χ3v) is 4.51. The fourth-order valence-corrected chi connectivity index (χ4v) is 3.01. The van der Waals surface area contributed by atoms with E-state index in [1.54, 1.807) is 12.5 Å². The summed E-state index contributed by atoms with van der Waals surface area (Å²) in [4.78, 5) is 25.5. The Bertz CT molecular complexity index is 697. The average molecular weight is 345 g/mol. The molecule has 3 rings (SSSR count). The maximum atomic E-state index is 11.6. The standard InChI is InChI=1S/C16H23N7O2/c1-13-3-8-22(9-4-13)16-14(23(24)25)15(19-11-20-16)18-5-2-7-21-10-6-17-12-21/h6,10-13H,2-5,7-9H2,1H3,(H,18,19,20). The van der Waals surface area contributed by atoms with Gasteiger partial charge in [-0.05, 0) is 25.2 Å². The van der Waals surface area contributed by atoms with E-state index in [1.165, 1.54) is 6.33 Å². The van der Waals surface area contributed by atoms with Crippen LogP contribution in [-0.2, 0) is 6.54 Å². The molecule has 1 saturated heterocycles. The summed E-state index contributed by atoms with van der Waals surface area (Å²) in [5, 5.41) is 14.7. The second-order valence-corrected chi connectivity index (χ2v) is 6.40. The molecule has 0 bridgehead atoms. The SMILES string of the molecule is CC1CCN(c2ncnc(NCCCn3ccnc3)c2[N+](=O)[O-])CC1. The minimum atomic E-state index is -0.383. The van der Waals surface area contributed by atoms with Crippen LogP contribution < -0.4 is 10.2 Å².